The molecular weight excluding hydrogens is 476 g/mol. The van der Waals surface area contributed by atoms with E-state index in [-0.39, 0.29) is 12.1 Å². The van der Waals surface area contributed by atoms with Gasteiger partial charge in [-0.25, -0.2) is 9.79 Å². The van der Waals surface area contributed by atoms with Gasteiger partial charge in [-0.2, -0.15) is 0 Å². The maximum atomic E-state index is 12.5. The number of methoxy groups -OCH3 is 1. The number of H-pyrrole nitrogens is 1. The number of piperidine rings is 1. The van der Waals surface area contributed by atoms with Gasteiger partial charge in [-0.05, 0) is 93.2 Å². The number of carbonyl (C=O) groups excluding carboxylic acids is 1. The van der Waals surface area contributed by atoms with E-state index in [1.807, 2.05) is 25.7 Å². The van der Waals surface area contributed by atoms with Crippen molar-refractivity contribution in [2.75, 3.05) is 20.2 Å². The van der Waals surface area contributed by atoms with E-state index in [2.05, 4.69) is 59.2 Å². The van der Waals surface area contributed by atoms with E-state index >= 15 is 0 Å². The Morgan fingerprint density at radius 1 is 1.16 bits per heavy atom. The summed E-state index contributed by atoms with van der Waals surface area (Å²) in [6, 6.07) is 6.91. The molecule has 1 aromatic heterocycles. The number of hydrogen-bond acceptors (Lipinski definition) is 5. The first-order chi connectivity index (χ1) is 18.1. The quantitative estimate of drug-likeness (QED) is 0.477. The minimum atomic E-state index is -0.469. The van der Waals surface area contributed by atoms with Crippen molar-refractivity contribution in [2.45, 2.75) is 83.8 Å². The van der Waals surface area contributed by atoms with Crippen LogP contribution >= 0.6 is 0 Å². The zero-order valence-electron chi connectivity index (χ0n) is 23.5. The van der Waals surface area contributed by atoms with Crippen molar-refractivity contribution < 1.29 is 14.3 Å². The highest BCUT2D eigenvalue weighted by atomic mass is 16.6. The third-order valence-corrected chi connectivity index (χ3v) is 7.67. The Hall–Kier alpha value is -3.35. The van der Waals surface area contributed by atoms with Crippen molar-refractivity contribution in [3.63, 3.8) is 0 Å². The minimum absolute atomic E-state index is 0.0792. The monoisotopic (exact) mass is 516 g/mol. The van der Waals surface area contributed by atoms with Gasteiger partial charge in [0.15, 0.2) is 0 Å². The highest BCUT2D eigenvalue weighted by Gasteiger charge is 2.29. The maximum Gasteiger partial charge on any atom is 0.410 e. The number of ether oxygens (including phenoxy) is 2. The molecule has 202 valence electrons. The molecule has 5 rings (SSSR count). The number of carbonyl (C=O) groups is 1. The predicted molar refractivity (Wildman–Crippen MR) is 154 cm³/mol. The summed E-state index contributed by atoms with van der Waals surface area (Å²) in [6.45, 7) is 11.7. The van der Waals surface area contributed by atoms with Crippen LogP contribution in [0.2, 0.25) is 0 Å². The lowest BCUT2D eigenvalue weighted by Gasteiger charge is -2.33. The Labute approximate surface area is 225 Å². The van der Waals surface area contributed by atoms with Gasteiger partial charge in [0.2, 0.25) is 0 Å². The number of allylic oxidation sites excluding steroid dienone is 3. The van der Waals surface area contributed by atoms with E-state index in [0.29, 0.717) is 11.8 Å². The summed E-state index contributed by atoms with van der Waals surface area (Å²) < 4.78 is 11.4. The SMILES string of the molecule is CO/C1=C/C(c2[nH]c3ccc(C4CCN(C(=O)OC(C)(C)C)CC4)cc3c2C(C)C)=C\CCC2N=CN=C12. The molecule has 2 aromatic rings. The maximum absolute atomic E-state index is 12.5. The average molecular weight is 517 g/mol. The third kappa shape index (κ3) is 5.29. The van der Waals surface area contributed by atoms with Gasteiger partial charge in [0.05, 0.1) is 13.2 Å². The third-order valence-electron chi connectivity index (χ3n) is 7.67. The number of nitrogens with one attached hydrogen (secondary N) is 1. The normalized spacial score (nSPS) is 23.3. The number of rotatable bonds is 4. The number of likely N-dealkylation sites (tertiary alicyclic amines) is 1. The molecule has 1 amide bonds. The minimum Gasteiger partial charge on any atom is -0.495 e. The van der Waals surface area contributed by atoms with Crippen molar-refractivity contribution in [3.8, 4) is 0 Å². The van der Waals surface area contributed by atoms with Crippen LogP contribution in [-0.4, -0.2) is 59.9 Å². The largest absolute Gasteiger partial charge is 0.495 e. The number of nitrogens with zero attached hydrogens (tertiary/aromatic N) is 3. The first kappa shape index (κ1) is 26.3. The second-order valence-electron chi connectivity index (χ2n) is 11.9. The fourth-order valence-corrected chi connectivity index (χ4v) is 5.81. The highest BCUT2D eigenvalue weighted by Crippen LogP contribution is 2.38. The van der Waals surface area contributed by atoms with Gasteiger partial charge in [0.1, 0.15) is 23.4 Å². The molecule has 3 aliphatic rings. The summed E-state index contributed by atoms with van der Waals surface area (Å²) in [5.74, 6) is 1.55. The molecule has 1 saturated heterocycles. The van der Waals surface area contributed by atoms with Gasteiger partial charge in [-0.1, -0.05) is 26.0 Å². The van der Waals surface area contributed by atoms with Crippen LogP contribution in [0.25, 0.3) is 16.5 Å². The van der Waals surface area contributed by atoms with Crippen LogP contribution in [0.4, 0.5) is 4.79 Å². The van der Waals surface area contributed by atoms with Gasteiger partial charge < -0.3 is 19.4 Å². The lowest BCUT2D eigenvalue weighted by molar-refractivity contribution is 0.0205. The van der Waals surface area contributed by atoms with Gasteiger partial charge in [-0.15, -0.1) is 0 Å². The van der Waals surface area contributed by atoms with Crippen molar-refractivity contribution in [1.29, 1.82) is 0 Å². The van der Waals surface area contributed by atoms with Gasteiger partial charge in [-0.3, -0.25) is 4.99 Å². The molecule has 1 atom stereocenters. The Morgan fingerprint density at radius 3 is 2.61 bits per heavy atom. The van der Waals surface area contributed by atoms with Crippen molar-refractivity contribution >= 4 is 34.6 Å². The zero-order chi connectivity index (χ0) is 27.0. The predicted octanol–water partition coefficient (Wildman–Crippen LogP) is 6.96. The second-order valence-corrected chi connectivity index (χ2v) is 11.9. The second kappa shape index (κ2) is 10.4. The molecule has 2 aliphatic heterocycles. The van der Waals surface area contributed by atoms with Crippen molar-refractivity contribution in [2.24, 2.45) is 9.98 Å². The van der Waals surface area contributed by atoms with Gasteiger partial charge in [0.25, 0.3) is 0 Å². The molecule has 7 heteroatoms. The molecule has 1 N–H and O–H groups in total. The molecule has 0 spiro atoms. The molecule has 1 aliphatic carbocycles. The Kier molecular flexibility index (Phi) is 7.21. The highest BCUT2D eigenvalue weighted by molar-refractivity contribution is 6.10. The standard InChI is InChI=1S/C31H40N4O3/c1-19(2)27-23-16-21(20-12-14-35(15-13-20)30(36)38-31(3,4)5)10-11-24(23)34-28(27)22-8-7-9-25-29(33-18-32-25)26(17-22)37-6/h8,10-11,16-20,25,34H,7,9,12-15H2,1-6H3/b22-8+,26-17+. The summed E-state index contributed by atoms with van der Waals surface area (Å²) in [6.07, 6.45) is 9.59. The number of aliphatic imine (C=N–C) groups is 2. The molecule has 1 fully saturated rings. The first-order valence-corrected chi connectivity index (χ1v) is 13.8. The summed E-state index contributed by atoms with van der Waals surface area (Å²) >= 11 is 0. The van der Waals surface area contributed by atoms with Crippen molar-refractivity contribution in [1.82, 2.24) is 9.88 Å². The number of benzene rings is 1. The molecule has 0 saturated carbocycles. The van der Waals surface area contributed by atoms with E-state index in [4.69, 9.17) is 9.47 Å². The fourth-order valence-electron chi connectivity index (χ4n) is 5.81. The molecule has 1 unspecified atom stereocenters. The summed E-state index contributed by atoms with van der Waals surface area (Å²) in [5, 5.41) is 1.27. The number of aromatic nitrogens is 1. The molecule has 0 radical (unpaired) electrons. The molecule has 38 heavy (non-hydrogen) atoms. The first-order valence-electron chi connectivity index (χ1n) is 13.8. The van der Waals surface area contributed by atoms with Crippen LogP contribution in [0.15, 0.2) is 46.1 Å². The van der Waals surface area contributed by atoms with Crippen LogP contribution in [0, 0.1) is 0 Å². The van der Waals surface area contributed by atoms with E-state index in [0.717, 1.165) is 67.0 Å². The number of fused-ring (bicyclic) bond motifs is 2. The smallest absolute Gasteiger partial charge is 0.410 e. The topological polar surface area (TPSA) is 79.3 Å². The fraction of sp³-hybridized carbons (Fsp3) is 0.516. The Balaban J connectivity index is 1.43. The number of hydrogen-bond donors (Lipinski definition) is 1. The summed E-state index contributed by atoms with van der Waals surface area (Å²) in [4.78, 5) is 27.1. The molecule has 3 heterocycles. The lowest BCUT2D eigenvalue weighted by atomic mass is 9.87. The van der Waals surface area contributed by atoms with E-state index in [1.165, 1.54) is 16.5 Å². The number of amides is 1. The molecule has 0 bridgehead atoms. The Bertz CT molecular complexity index is 1330. The lowest BCUT2D eigenvalue weighted by Crippen LogP contribution is -2.41. The molecular formula is C31H40N4O3. The van der Waals surface area contributed by atoms with Gasteiger partial charge >= 0.3 is 6.09 Å². The number of aromatic amines is 1. The van der Waals surface area contributed by atoms with Crippen LogP contribution in [0.3, 0.4) is 0 Å². The van der Waals surface area contributed by atoms with Crippen LogP contribution in [-0.2, 0) is 9.47 Å². The molecule has 1 aromatic carbocycles. The van der Waals surface area contributed by atoms with Crippen LogP contribution < -0.4 is 0 Å². The zero-order valence-corrected chi connectivity index (χ0v) is 23.5. The Morgan fingerprint density at radius 2 is 1.92 bits per heavy atom. The average Bonchev–Trinajstić information content (AvgIpc) is 3.47. The summed E-state index contributed by atoms with van der Waals surface area (Å²) in [5.41, 5.74) is 6.56. The van der Waals surface area contributed by atoms with E-state index < -0.39 is 5.60 Å². The van der Waals surface area contributed by atoms with Crippen LogP contribution in [0.1, 0.15) is 89.0 Å². The van der Waals surface area contributed by atoms with Crippen LogP contribution in [0.5, 0.6) is 0 Å². The van der Waals surface area contributed by atoms with Crippen molar-refractivity contribution in [3.05, 3.63) is 52.9 Å². The van der Waals surface area contributed by atoms with Gasteiger partial charge in [0, 0.05) is 29.7 Å². The van der Waals surface area contributed by atoms with E-state index in [1.54, 1.807) is 13.4 Å². The molecule has 7 nitrogen and oxygen atoms in total. The summed E-state index contributed by atoms with van der Waals surface area (Å²) in [7, 11) is 1.71. The van der Waals surface area contributed by atoms with E-state index in [9.17, 15) is 4.79 Å².